The van der Waals surface area contributed by atoms with E-state index in [1.165, 1.54) is 32.1 Å². The SMILES string of the molecule is CCC1CCC(N(C)c2ccc(CN)nn2)CC1. The first kappa shape index (κ1) is 13.3. The largest absolute Gasteiger partial charge is 0.355 e. The fraction of sp³-hybridized carbons (Fsp3) is 0.714. The molecule has 0 aromatic carbocycles. The molecular weight excluding hydrogens is 224 g/mol. The Morgan fingerprint density at radius 3 is 2.44 bits per heavy atom. The Hall–Kier alpha value is -1.16. The minimum atomic E-state index is 0.457. The van der Waals surface area contributed by atoms with Crippen LogP contribution in [0.2, 0.25) is 0 Å². The second-order valence-corrected chi connectivity index (χ2v) is 5.28. The molecule has 0 unspecified atom stereocenters. The zero-order valence-electron chi connectivity index (χ0n) is 11.5. The summed E-state index contributed by atoms with van der Waals surface area (Å²) in [6.07, 6.45) is 6.56. The summed E-state index contributed by atoms with van der Waals surface area (Å²) in [5, 5.41) is 8.39. The van der Waals surface area contributed by atoms with Crippen LogP contribution in [0.4, 0.5) is 5.82 Å². The van der Waals surface area contributed by atoms with Crippen LogP contribution >= 0.6 is 0 Å². The summed E-state index contributed by atoms with van der Waals surface area (Å²) >= 11 is 0. The average molecular weight is 248 g/mol. The van der Waals surface area contributed by atoms with Crippen molar-refractivity contribution in [3.63, 3.8) is 0 Å². The lowest BCUT2D eigenvalue weighted by molar-refractivity contribution is 0.312. The van der Waals surface area contributed by atoms with Crippen LogP contribution in [0.3, 0.4) is 0 Å². The molecule has 100 valence electrons. The van der Waals surface area contributed by atoms with Crippen LogP contribution < -0.4 is 10.6 Å². The Balaban J connectivity index is 1.96. The normalized spacial score (nSPS) is 23.9. The lowest BCUT2D eigenvalue weighted by atomic mass is 9.84. The van der Waals surface area contributed by atoms with Crippen LogP contribution in [0.15, 0.2) is 12.1 Å². The van der Waals surface area contributed by atoms with Gasteiger partial charge in [0.15, 0.2) is 5.82 Å². The molecule has 1 aromatic heterocycles. The van der Waals surface area contributed by atoms with Crippen molar-refractivity contribution in [2.24, 2.45) is 11.7 Å². The van der Waals surface area contributed by atoms with Crippen molar-refractivity contribution < 1.29 is 0 Å². The first-order valence-electron chi connectivity index (χ1n) is 7.00. The minimum Gasteiger partial charge on any atom is -0.355 e. The molecule has 2 rings (SSSR count). The number of hydrogen-bond acceptors (Lipinski definition) is 4. The Morgan fingerprint density at radius 2 is 1.94 bits per heavy atom. The van der Waals surface area contributed by atoms with E-state index in [1.54, 1.807) is 0 Å². The van der Waals surface area contributed by atoms with E-state index in [2.05, 4.69) is 29.1 Å². The fourth-order valence-corrected chi connectivity index (χ4v) is 2.78. The van der Waals surface area contributed by atoms with Gasteiger partial charge < -0.3 is 10.6 Å². The summed E-state index contributed by atoms with van der Waals surface area (Å²) in [5.41, 5.74) is 6.38. The number of anilines is 1. The van der Waals surface area contributed by atoms with Gasteiger partial charge in [-0.15, -0.1) is 5.10 Å². The molecule has 4 heteroatoms. The fourth-order valence-electron chi connectivity index (χ4n) is 2.78. The van der Waals surface area contributed by atoms with Gasteiger partial charge in [-0.25, -0.2) is 0 Å². The van der Waals surface area contributed by atoms with Crippen LogP contribution in [0.1, 0.15) is 44.7 Å². The first-order chi connectivity index (χ1) is 8.74. The third kappa shape index (κ3) is 2.99. The van der Waals surface area contributed by atoms with Gasteiger partial charge in [-0.3, -0.25) is 0 Å². The second kappa shape index (κ2) is 6.14. The standard InChI is InChI=1S/C14H24N4/c1-3-11-4-7-13(8-5-11)18(2)14-9-6-12(10-15)16-17-14/h6,9,11,13H,3-5,7-8,10,15H2,1-2H3. The molecule has 4 nitrogen and oxygen atoms in total. The maximum absolute atomic E-state index is 5.53. The average Bonchev–Trinajstić information content (AvgIpc) is 2.47. The highest BCUT2D eigenvalue weighted by molar-refractivity contribution is 5.37. The van der Waals surface area contributed by atoms with Gasteiger partial charge in [0.05, 0.1) is 5.69 Å². The van der Waals surface area contributed by atoms with Crippen LogP contribution in [0, 0.1) is 5.92 Å². The lowest BCUT2D eigenvalue weighted by Crippen LogP contribution is -2.35. The van der Waals surface area contributed by atoms with Gasteiger partial charge in [-0.05, 0) is 43.7 Å². The number of hydrogen-bond donors (Lipinski definition) is 1. The monoisotopic (exact) mass is 248 g/mol. The predicted molar refractivity (Wildman–Crippen MR) is 74.4 cm³/mol. The van der Waals surface area contributed by atoms with Crippen molar-refractivity contribution in [1.29, 1.82) is 0 Å². The van der Waals surface area contributed by atoms with Gasteiger partial charge in [0, 0.05) is 19.6 Å². The van der Waals surface area contributed by atoms with Gasteiger partial charge in [0.25, 0.3) is 0 Å². The molecule has 0 atom stereocenters. The smallest absolute Gasteiger partial charge is 0.151 e. The van der Waals surface area contributed by atoms with Crippen molar-refractivity contribution in [3.05, 3.63) is 17.8 Å². The summed E-state index contributed by atoms with van der Waals surface area (Å²) in [4.78, 5) is 2.28. The number of aromatic nitrogens is 2. The van der Waals surface area contributed by atoms with Crippen LogP contribution in [0.5, 0.6) is 0 Å². The van der Waals surface area contributed by atoms with Crippen molar-refractivity contribution in [2.45, 2.75) is 51.6 Å². The quantitative estimate of drug-likeness (QED) is 0.888. The molecule has 0 amide bonds. The van der Waals surface area contributed by atoms with Gasteiger partial charge in [-0.1, -0.05) is 13.3 Å². The molecule has 1 aliphatic carbocycles. The van der Waals surface area contributed by atoms with E-state index in [1.807, 2.05) is 12.1 Å². The Morgan fingerprint density at radius 1 is 1.22 bits per heavy atom. The van der Waals surface area contributed by atoms with E-state index in [0.29, 0.717) is 12.6 Å². The van der Waals surface area contributed by atoms with E-state index < -0.39 is 0 Å². The third-order valence-corrected chi connectivity index (χ3v) is 4.22. The lowest BCUT2D eigenvalue weighted by Gasteiger charge is -2.34. The molecule has 0 spiro atoms. The molecule has 0 bridgehead atoms. The Kier molecular flexibility index (Phi) is 4.53. The summed E-state index contributed by atoms with van der Waals surface area (Å²) in [5.74, 6) is 1.90. The zero-order chi connectivity index (χ0) is 13.0. The van der Waals surface area contributed by atoms with Crippen molar-refractivity contribution in [2.75, 3.05) is 11.9 Å². The van der Waals surface area contributed by atoms with E-state index in [4.69, 9.17) is 5.73 Å². The molecule has 2 N–H and O–H groups in total. The molecule has 1 aliphatic rings. The molecular formula is C14H24N4. The highest BCUT2D eigenvalue weighted by atomic mass is 15.3. The maximum Gasteiger partial charge on any atom is 0.151 e. The number of nitrogens with zero attached hydrogens (tertiary/aromatic N) is 3. The van der Waals surface area contributed by atoms with Gasteiger partial charge in [0.2, 0.25) is 0 Å². The third-order valence-electron chi connectivity index (χ3n) is 4.22. The van der Waals surface area contributed by atoms with Crippen LogP contribution in [-0.4, -0.2) is 23.3 Å². The molecule has 1 saturated carbocycles. The predicted octanol–water partition coefficient (Wildman–Crippen LogP) is 2.34. The molecule has 1 heterocycles. The highest BCUT2D eigenvalue weighted by Crippen LogP contribution is 2.30. The molecule has 0 radical (unpaired) electrons. The summed E-state index contributed by atoms with van der Waals surface area (Å²) in [6.45, 7) is 2.75. The molecule has 1 aromatic rings. The van der Waals surface area contributed by atoms with Gasteiger partial charge in [-0.2, -0.15) is 5.10 Å². The Labute approximate surface area is 110 Å². The molecule has 1 fully saturated rings. The van der Waals surface area contributed by atoms with Gasteiger partial charge in [0.1, 0.15) is 0 Å². The molecule has 18 heavy (non-hydrogen) atoms. The van der Waals surface area contributed by atoms with E-state index >= 15 is 0 Å². The topological polar surface area (TPSA) is 55.0 Å². The molecule has 0 aliphatic heterocycles. The maximum atomic E-state index is 5.53. The first-order valence-corrected chi connectivity index (χ1v) is 7.00. The van der Waals surface area contributed by atoms with Gasteiger partial charge >= 0.3 is 0 Å². The number of rotatable bonds is 4. The van der Waals surface area contributed by atoms with Crippen LogP contribution in [0.25, 0.3) is 0 Å². The summed E-state index contributed by atoms with van der Waals surface area (Å²) in [6, 6.07) is 4.61. The second-order valence-electron chi connectivity index (χ2n) is 5.28. The Bertz CT molecular complexity index is 355. The highest BCUT2D eigenvalue weighted by Gasteiger charge is 2.23. The van der Waals surface area contributed by atoms with E-state index in [9.17, 15) is 0 Å². The molecule has 0 saturated heterocycles. The number of nitrogens with two attached hydrogens (primary N) is 1. The zero-order valence-corrected chi connectivity index (χ0v) is 11.5. The minimum absolute atomic E-state index is 0.457. The van der Waals surface area contributed by atoms with Crippen molar-refractivity contribution in [1.82, 2.24) is 10.2 Å². The van der Waals surface area contributed by atoms with E-state index in [0.717, 1.165) is 17.4 Å². The summed E-state index contributed by atoms with van der Waals surface area (Å²) < 4.78 is 0. The summed E-state index contributed by atoms with van der Waals surface area (Å²) in [7, 11) is 2.13. The van der Waals surface area contributed by atoms with Crippen LogP contribution in [-0.2, 0) is 6.54 Å². The van der Waals surface area contributed by atoms with Crippen molar-refractivity contribution >= 4 is 5.82 Å². The van der Waals surface area contributed by atoms with E-state index in [-0.39, 0.29) is 0 Å². The van der Waals surface area contributed by atoms with Crippen molar-refractivity contribution in [3.8, 4) is 0 Å².